The minimum absolute atomic E-state index is 0.746. The van der Waals surface area contributed by atoms with Crippen LogP contribution in [0.5, 0.6) is 0 Å². The third-order valence-electron chi connectivity index (χ3n) is 4.37. The lowest BCUT2D eigenvalue weighted by atomic mass is 9.85. The van der Waals surface area contributed by atoms with Gasteiger partial charge in [-0.15, -0.1) is 0 Å². The number of hydrogen-bond acceptors (Lipinski definition) is 2. The van der Waals surface area contributed by atoms with Crippen molar-refractivity contribution < 1.29 is 0 Å². The first-order valence-electron chi connectivity index (χ1n) is 6.85. The maximum Gasteiger partial charge on any atom is 0.156 e. The Kier molecular flexibility index (Phi) is 3.41. The third-order valence-corrected chi connectivity index (χ3v) is 5.49. The molecule has 0 amide bonds. The number of thioether (sulfide) groups is 1. The molecule has 0 aromatic rings. The topological polar surface area (TPSA) is 24.4 Å². The van der Waals surface area contributed by atoms with Crippen LogP contribution < -0.4 is 5.32 Å². The molecule has 1 aliphatic heterocycles. The molecule has 0 aromatic heterocycles. The Morgan fingerprint density at radius 3 is 2.81 bits per heavy atom. The maximum absolute atomic E-state index is 4.76. The molecular formula is C13H22N2S. The fourth-order valence-corrected chi connectivity index (χ4v) is 4.13. The summed E-state index contributed by atoms with van der Waals surface area (Å²) in [5.41, 5.74) is 0. The van der Waals surface area contributed by atoms with Gasteiger partial charge >= 0.3 is 0 Å². The lowest BCUT2D eigenvalue weighted by molar-refractivity contribution is 0.308. The monoisotopic (exact) mass is 238 g/mol. The van der Waals surface area contributed by atoms with Crippen molar-refractivity contribution in [2.24, 2.45) is 16.8 Å². The average Bonchev–Trinajstić information content (AvgIpc) is 2.27. The number of nitrogens with zero attached hydrogens (tertiary/aromatic N) is 1. The minimum Gasteiger partial charge on any atom is -0.362 e. The van der Waals surface area contributed by atoms with Gasteiger partial charge in [-0.3, -0.25) is 4.99 Å². The first-order chi connectivity index (χ1) is 7.92. The zero-order valence-electron chi connectivity index (χ0n) is 9.95. The zero-order valence-corrected chi connectivity index (χ0v) is 10.8. The number of amidine groups is 1. The van der Waals surface area contributed by atoms with Gasteiger partial charge < -0.3 is 5.32 Å². The van der Waals surface area contributed by atoms with E-state index in [0.717, 1.165) is 24.4 Å². The molecule has 3 fully saturated rings. The molecule has 2 aliphatic carbocycles. The van der Waals surface area contributed by atoms with Gasteiger partial charge in [-0.05, 0) is 37.5 Å². The highest BCUT2D eigenvalue weighted by Gasteiger charge is 2.30. The molecule has 2 unspecified atom stereocenters. The number of nitrogens with one attached hydrogen (secondary N) is 1. The molecular weight excluding hydrogens is 216 g/mol. The van der Waals surface area contributed by atoms with E-state index in [1.165, 1.54) is 55.9 Å². The number of rotatable bonds is 2. The fourth-order valence-electron chi connectivity index (χ4n) is 2.96. The lowest BCUT2D eigenvalue weighted by Crippen LogP contribution is -2.46. The van der Waals surface area contributed by atoms with Crippen molar-refractivity contribution in [3.63, 3.8) is 0 Å². The van der Waals surface area contributed by atoms with Crippen molar-refractivity contribution in [1.82, 2.24) is 5.32 Å². The van der Waals surface area contributed by atoms with E-state index in [1.54, 1.807) is 0 Å². The van der Waals surface area contributed by atoms with Gasteiger partial charge in [0.1, 0.15) is 0 Å². The number of fused-ring (bicyclic) bond motifs is 1. The van der Waals surface area contributed by atoms with Gasteiger partial charge in [0.2, 0.25) is 0 Å². The van der Waals surface area contributed by atoms with E-state index >= 15 is 0 Å². The molecule has 3 rings (SSSR count). The summed E-state index contributed by atoms with van der Waals surface area (Å²) in [4.78, 5) is 4.76. The highest BCUT2D eigenvalue weighted by atomic mass is 32.2. The van der Waals surface area contributed by atoms with Crippen LogP contribution >= 0.6 is 11.8 Å². The molecule has 3 aliphatic rings. The second-order valence-corrected chi connectivity index (χ2v) is 6.56. The van der Waals surface area contributed by atoms with Gasteiger partial charge in [0.05, 0.1) is 0 Å². The molecule has 2 nitrogen and oxygen atoms in total. The Labute approximate surface area is 103 Å². The Bertz CT molecular complexity index is 273. The third kappa shape index (κ3) is 2.39. The molecule has 3 heteroatoms. The predicted molar refractivity (Wildman–Crippen MR) is 71.0 cm³/mol. The van der Waals surface area contributed by atoms with Crippen LogP contribution in [0.2, 0.25) is 0 Å². The van der Waals surface area contributed by atoms with Crippen LogP contribution in [0, 0.1) is 11.8 Å². The van der Waals surface area contributed by atoms with Gasteiger partial charge in [-0.1, -0.05) is 31.0 Å². The van der Waals surface area contributed by atoms with E-state index < -0.39 is 0 Å². The Balaban J connectivity index is 1.52. The van der Waals surface area contributed by atoms with Crippen molar-refractivity contribution in [2.45, 2.75) is 51.0 Å². The van der Waals surface area contributed by atoms with E-state index in [2.05, 4.69) is 5.32 Å². The van der Waals surface area contributed by atoms with E-state index in [4.69, 9.17) is 4.99 Å². The molecule has 0 bridgehead atoms. The molecule has 1 saturated heterocycles. The summed E-state index contributed by atoms with van der Waals surface area (Å²) in [5.74, 6) is 3.13. The van der Waals surface area contributed by atoms with Crippen LogP contribution in [0.1, 0.15) is 44.9 Å². The molecule has 16 heavy (non-hydrogen) atoms. The molecule has 0 radical (unpaired) electrons. The van der Waals surface area contributed by atoms with Crippen molar-refractivity contribution in [2.75, 3.05) is 12.3 Å². The van der Waals surface area contributed by atoms with Gasteiger partial charge in [-0.2, -0.15) is 0 Å². The molecule has 0 spiro atoms. The Morgan fingerprint density at radius 2 is 2.00 bits per heavy atom. The second kappa shape index (κ2) is 4.99. The number of aliphatic imine (C=N–C) groups is 1. The molecule has 0 aromatic carbocycles. The fraction of sp³-hybridized carbons (Fsp3) is 0.923. The lowest BCUT2D eigenvalue weighted by Gasteiger charge is -2.37. The van der Waals surface area contributed by atoms with Crippen LogP contribution in [0.3, 0.4) is 0 Å². The molecule has 2 atom stereocenters. The average molecular weight is 238 g/mol. The minimum atomic E-state index is 0.746. The summed E-state index contributed by atoms with van der Waals surface area (Å²) in [6, 6.07) is 0.746. The van der Waals surface area contributed by atoms with Crippen molar-refractivity contribution in [3.8, 4) is 0 Å². The molecule has 1 N–H and O–H groups in total. The predicted octanol–water partition coefficient (Wildman–Crippen LogP) is 3.04. The van der Waals surface area contributed by atoms with E-state index in [0.29, 0.717) is 0 Å². The first kappa shape index (κ1) is 10.9. The zero-order chi connectivity index (χ0) is 10.8. The Morgan fingerprint density at radius 1 is 1.12 bits per heavy atom. The maximum atomic E-state index is 4.76. The van der Waals surface area contributed by atoms with Crippen LogP contribution in [-0.2, 0) is 0 Å². The van der Waals surface area contributed by atoms with E-state index in [-0.39, 0.29) is 0 Å². The largest absolute Gasteiger partial charge is 0.362 e. The summed E-state index contributed by atoms with van der Waals surface area (Å²) in [5, 5.41) is 4.92. The summed E-state index contributed by atoms with van der Waals surface area (Å²) >= 11 is 1.96. The van der Waals surface area contributed by atoms with Crippen LogP contribution in [-0.4, -0.2) is 23.5 Å². The van der Waals surface area contributed by atoms with Gasteiger partial charge in [0, 0.05) is 18.3 Å². The van der Waals surface area contributed by atoms with Crippen LogP contribution in [0.25, 0.3) is 0 Å². The SMILES string of the molecule is C1CC(CN=C2NC3CCCCC3CS2)C1. The second-order valence-electron chi connectivity index (χ2n) is 5.55. The summed E-state index contributed by atoms with van der Waals surface area (Å²) in [7, 11) is 0. The van der Waals surface area contributed by atoms with Gasteiger partial charge in [0.15, 0.2) is 5.17 Å². The van der Waals surface area contributed by atoms with Crippen LogP contribution in [0.15, 0.2) is 4.99 Å². The first-order valence-corrected chi connectivity index (χ1v) is 7.84. The van der Waals surface area contributed by atoms with E-state index in [9.17, 15) is 0 Å². The van der Waals surface area contributed by atoms with Gasteiger partial charge in [-0.25, -0.2) is 0 Å². The van der Waals surface area contributed by atoms with Crippen LogP contribution in [0.4, 0.5) is 0 Å². The van der Waals surface area contributed by atoms with E-state index in [1.807, 2.05) is 11.8 Å². The highest BCUT2D eigenvalue weighted by Crippen LogP contribution is 2.32. The summed E-state index contributed by atoms with van der Waals surface area (Å²) in [6.07, 6.45) is 9.91. The van der Waals surface area contributed by atoms with Crippen molar-refractivity contribution in [3.05, 3.63) is 0 Å². The number of hydrogen-bond donors (Lipinski definition) is 1. The Hall–Kier alpha value is -0.180. The highest BCUT2D eigenvalue weighted by molar-refractivity contribution is 8.13. The van der Waals surface area contributed by atoms with Crippen molar-refractivity contribution >= 4 is 16.9 Å². The normalized spacial score (nSPS) is 37.6. The summed E-state index contributed by atoms with van der Waals surface area (Å²) in [6.45, 7) is 1.08. The standard InChI is InChI=1S/C13H22N2S/c1-2-7-12-11(6-1)9-16-13(15-12)14-8-10-4-3-5-10/h10-12H,1-9H2,(H,14,15). The molecule has 2 saturated carbocycles. The molecule has 90 valence electrons. The van der Waals surface area contributed by atoms with Crippen molar-refractivity contribution in [1.29, 1.82) is 0 Å². The molecule has 1 heterocycles. The summed E-state index contributed by atoms with van der Waals surface area (Å²) < 4.78 is 0. The van der Waals surface area contributed by atoms with Gasteiger partial charge in [0.25, 0.3) is 0 Å². The smallest absolute Gasteiger partial charge is 0.156 e. The quantitative estimate of drug-likeness (QED) is 0.799.